The maximum atomic E-state index is 5.80. The average Bonchev–Trinajstić information content (AvgIpc) is 3.11. The highest BCUT2D eigenvalue weighted by atomic mass is 127. The minimum Gasteiger partial charge on any atom is -0.443 e. The minimum atomic E-state index is -0.0191. The van der Waals surface area contributed by atoms with Crippen molar-refractivity contribution in [3.05, 3.63) is 17.8 Å². The van der Waals surface area contributed by atoms with Gasteiger partial charge in [0.15, 0.2) is 5.96 Å². The fourth-order valence-corrected chi connectivity index (χ4v) is 2.92. The van der Waals surface area contributed by atoms with E-state index in [1.807, 2.05) is 6.20 Å². The molecule has 0 bridgehead atoms. The summed E-state index contributed by atoms with van der Waals surface area (Å²) in [6, 6.07) is 0. The van der Waals surface area contributed by atoms with Gasteiger partial charge in [-0.25, -0.2) is 9.98 Å². The molecule has 6 heteroatoms. The second-order valence-electron chi connectivity index (χ2n) is 7.93. The van der Waals surface area contributed by atoms with E-state index >= 15 is 0 Å². The normalized spacial score (nSPS) is 17.5. The summed E-state index contributed by atoms with van der Waals surface area (Å²) >= 11 is 0. The maximum absolute atomic E-state index is 5.80. The summed E-state index contributed by atoms with van der Waals surface area (Å²) in [6.45, 7) is 13.1. The molecular weight excluding hydrogens is 415 g/mol. The smallest absolute Gasteiger partial charge is 0.216 e. The lowest BCUT2D eigenvalue weighted by Gasteiger charge is -2.25. The van der Waals surface area contributed by atoms with Crippen LogP contribution in [0.3, 0.4) is 0 Å². The second-order valence-corrected chi connectivity index (χ2v) is 7.93. The van der Waals surface area contributed by atoms with Crippen molar-refractivity contribution in [3.63, 3.8) is 0 Å². The maximum Gasteiger partial charge on any atom is 0.216 e. The lowest BCUT2D eigenvalue weighted by molar-refractivity contribution is 0.334. The van der Waals surface area contributed by atoms with Crippen LogP contribution in [0.5, 0.6) is 0 Å². The van der Waals surface area contributed by atoms with Crippen LogP contribution in [-0.4, -0.2) is 24.0 Å². The number of aromatic nitrogens is 1. The number of rotatable bonds is 5. The zero-order valence-electron chi connectivity index (χ0n) is 15.7. The summed E-state index contributed by atoms with van der Waals surface area (Å²) < 4.78 is 5.80. The van der Waals surface area contributed by atoms with Gasteiger partial charge in [0.25, 0.3) is 0 Å². The number of nitrogens with one attached hydrogen (secondary N) is 2. The molecule has 1 aliphatic carbocycles. The number of aliphatic imine (C=N–C) groups is 1. The molecule has 2 N–H and O–H groups in total. The zero-order valence-corrected chi connectivity index (χ0v) is 18.1. The number of hydrogen-bond donors (Lipinski definition) is 2. The molecule has 0 radical (unpaired) electrons. The monoisotopic (exact) mass is 448 g/mol. The van der Waals surface area contributed by atoms with Crippen molar-refractivity contribution in [1.82, 2.24) is 15.6 Å². The predicted molar refractivity (Wildman–Crippen MR) is 110 cm³/mol. The van der Waals surface area contributed by atoms with Crippen LogP contribution in [0.4, 0.5) is 0 Å². The Morgan fingerprint density at radius 2 is 1.96 bits per heavy atom. The third kappa shape index (κ3) is 6.26. The van der Waals surface area contributed by atoms with Crippen LogP contribution in [0.2, 0.25) is 0 Å². The van der Waals surface area contributed by atoms with E-state index in [-0.39, 0.29) is 29.4 Å². The molecule has 0 spiro atoms. The molecule has 0 atom stereocenters. The van der Waals surface area contributed by atoms with Gasteiger partial charge in [-0.1, -0.05) is 40.5 Å². The van der Waals surface area contributed by atoms with Crippen molar-refractivity contribution in [2.24, 2.45) is 10.4 Å². The molecule has 0 amide bonds. The average molecular weight is 448 g/mol. The molecule has 1 aromatic rings. The Morgan fingerprint density at radius 3 is 2.50 bits per heavy atom. The van der Waals surface area contributed by atoms with Crippen molar-refractivity contribution in [1.29, 1.82) is 0 Å². The highest BCUT2D eigenvalue weighted by Gasteiger charge is 2.28. The van der Waals surface area contributed by atoms with E-state index in [2.05, 4.69) is 55.2 Å². The van der Waals surface area contributed by atoms with E-state index in [1.54, 1.807) is 0 Å². The molecule has 1 fully saturated rings. The molecule has 0 unspecified atom stereocenters. The number of hydrogen-bond acceptors (Lipinski definition) is 3. The summed E-state index contributed by atoms with van der Waals surface area (Å²) in [4.78, 5) is 8.95. The molecule has 1 saturated carbocycles. The van der Waals surface area contributed by atoms with Crippen molar-refractivity contribution >= 4 is 29.9 Å². The second kappa shape index (κ2) is 9.06. The van der Waals surface area contributed by atoms with Crippen molar-refractivity contribution in [2.75, 3.05) is 13.1 Å². The number of oxazole rings is 1. The highest BCUT2D eigenvalue weighted by Crippen LogP contribution is 2.36. The van der Waals surface area contributed by atoms with Crippen LogP contribution >= 0.6 is 24.0 Å². The highest BCUT2D eigenvalue weighted by molar-refractivity contribution is 14.0. The van der Waals surface area contributed by atoms with Gasteiger partial charge >= 0.3 is 0 Å². The molecule has 1 aromatic heterocycles. The van der Waals surface area contributed by atoms with Crippen molar-refractivity contribution < 1.29 is 4.42 Å². The number of guanidine groups is 1. The zero-order chi connectivity index (χ0) is 16.9. The van der Waals surface area contributed by atoms with E-state index in [9.17, 15) is 0 Å². The molecule has 1 heterocycles. The first-order valence-corrected chi connectivity index (χ1v) is 8.80. The number of nitrogens with zero attached hydrogens (tertiary/aromatic N) is 2. The van der Waals surface area contributed by atoms with Gasteiger partial charge in [-0.15, -0.1) is 24.0 Å². The molecule has 2 rings (SSSR count). The van der Waals surface area contributed by atoms with Crippen LogP contribution in [0, 0.1) is 5.41 Å². The molecule has 24 heavy (non-hydrogen) atoms. The Balaban J connectivity index is 0.00000288. The SMILES string of the molecule is CCNC(=NCc1ncc(C(C)(C)C)o1)NCC1(C)CCCC1.I. The Bertz CT molecular complexity index is 527. The largest absolute Gasteiger partial charge is 0.443 e. The first-order chi connectivity index (χ1) is 10.8. The Morgan fingerprint density at radius 1 is 1.29 bits per heavy atom. The quantitative estimate of drug-likeness (QED) is 0.402. The van der Waals surface area contributed by atoms with Gasteiger partial charge < -0.3 is 15.1 Å². The first-order valence-electron chi connectivity index (χ1n) is 8.80. The summed E-state index contributed by atoms with van der Waals surface area (Å²) in [5, 5.41) is 6.78. The van der Waals surface area contributed by atoms with E-state index in [4.69, 9.17) is 4.42 Å². The standard InChI is InChI=1S/C18H32N4O.HI/c1-6-19-16(22-13-18(5)9-7-8-10-18)21-12-15-20-11-14(23-15)17(2,3)4;/h11H,6-10,12-13H2,1-5H3,(H2,19,21,22);1H. The van der Waals surface area contributed by atoms with E-state index in [0.717, 1.165) is 24.8 Å². The van der Waals surface area contributed by atoms with Gasteiger partial charge in [0.05, 0.1) is 6.20 Å². The summed E-state index contributed by atoms with van der Waals surface area (Å²) in [5.74, 6) is 2.41. The van der Waals surface area contributed by atoms with Gasteiger partial charge in [0.2, 0.25) is 5.89 Å². The van der Waals surface area contributed by atoms with Crippen molar-refractivity contribution in [2.45, 2.75) is 72.3 Å². The van der Waals surface area contributed by atoms with Gasteiger partial charge in [0, 0.05) is 18.5 Å². The van der Waals surface area contributed by atoms with E-state index in [0.29, 0.717) is 17.9 Å². The van der Waals surface area contributed by atoms with Crippen LogP contribution in [0.25, 0.3) is 0 Å². The van der Waals surface area contributed by atoms with E-state index < -0.39 is 0 Å². The molecular formula is C18H33IN4O. The Kier molecular flexibility index (Phi) is 8.02. The first kappa shape index (κ1) is 21.3. The van der Waals surface area contributed by atoms with Crippen LogP contribution in [0.1, 0.15) is 72.0 Å². The predicted octanol–water partition coefficient (Wildman–Crippen LogP) is 4.23. The van der Waals surface area contributed by atoms with Crippen LogP contribution in [-0.2, 0) is 12.0 Å². The van der Waals surface area contributed by atoms with Gasteiger partial charge in [-0.2, -0.15) is 0 Å². The molecule has 5 nitrogen and oxygen atoms in total. The van der Waals surface area contributed by atoms with Gasteiger partial charge in [0.1, 0.15) is 12.3 Å². The molecule has 0 aliphatic heterocycles. The lowest BCUT2D eigenvalue weighted by atomic mass is 9.89. The molecule has 0 aromatic carbocycles. The van der Waals surface area contributed by atoms with E-state index in [1.165, 1.54) is 25.7 Å². The third-order valence-corrected chi connectivity index (χ3v) is 4.50. The number of halogens is 1. The lowest BCUT2D eigenvalue weighted by Crippen LogP contribution is -2.42. The van der Waals surface area contributed by atoms with Gasteiger partial charge in [-0.05, 0) is 25.2 Å². The van der Waals surface area contributed by atoms with Crippen molar-refractivity contribution in [3.8, 4) is 0 Å². The van der Waals surface area contributed by atoms with Gasteiger partial charge in [-0.3, -0.25) is 0 Å². The fraction of sp³-hybridized carbons (Fsp3) is 0.778. The minimum absolute atomic E-state index is 0. The molecule has 0 saturated heterocycles. The molecule has 138 valence electrons. The Labute approximate surface area is 163 Å². The topological polar surface area (TPSA) is 62.5 Å². The summed E-state index contributed by atoms with van der Waals surface area (Å²) in [5.41, 5.74) is 0.382. The summed E-state index contributed by atoms with van der Waals surface area (Å²) in [6.07, 6.45) is 7.10. The Hall–Kier alpha value is -0.790. The summed E-state index contributed by atoms with van der Waals surface area (Å²) in [7, 11) is 0. The fourth-order valence-electron chi connectivity index (χ4n) is 2.92. The molecule has 1 aliphatic rings. The van der Waals surface area contributed by atoms with Crippen LogP contribution in [0.15, 0.2) is 15.6 Å². The third-order valence-electron chi connectivity index (χ3n) is 4.50. The van der Waals surface area contributed by atoms with Crippen LogP contribution < -0.4 is 10.6 Å².